The van der Waals surface area contributed by atoms with Crippen molar-refractivity contribution in [3.05, 3.63) is 29.8 Å². The molecular formula is C17H28N2O. The van der Waals surface area contributed by atoms with Gasteiger partial charge in [-0.15, -0.1) is 0 Å². The number of carbonyl (C=O) groups is 1. The van der Waals surface area contributed by atoms with Gasteiger partial charge in [0.05, 0.1) is 5.56 Å². The van der Waals surface area contributed by atoms with Crippen molar-refractivity contribution < 1.29 is 4.79 Å². The Morgan fingerprint density at radius 3 is 2.40 bits per heavy atom. The van der Waals surface area contributed by atoms with E-state index in [1.165, 1.54) is 0 Å². The molecule has 0 aliphatic carbocycles. The summed E-state index contributed by atoms with van der Waals surface area (Å²) in [6.07, 6.45) is 1.04. The average molecular weight is 276 g/mol. The van der Waals surface area contributed by atoms with Crippen LogP contribution in [0.1, 0.15) is 51.4 Å². The molecule has 0 unspecified atom stereocenters. The highest BCUT2D eigenvalue weighted by Gasteiger charge is 2.21. The van der Waals surface area contributed by atoms with Gasteiger partial charge in [-0.2, -0.15) is 0 Å². The predicted molar refractivity (Wildman–Crippen MR) is 86.2 cm³/mol. The fourth-order valence-electron chi connectivity index (χ4n) is 2.16. The minimum atomic E-state index is 0.118. The lowest BCUT2D eigenvalue weighted by molar-refractivity contribution is 0.0683. The molecule has 20 heavy (non-hydrogen) atoms. The van der Waals surface area contributed by atoms with Gasteiger partial charge in [-0.3, -0.25) is 4.79 Å². The van der Waals surface area contributed by atoms with E-state index in [0.717, 1.165) is 30.8 Å². The van der Waals surface area contributed by atoms with Crippen LogP contribution in [-0.2, 0) is 0 Å². The summed E-state index contributed by atoms with van der Waals surface area (Å²) in [5.74, 6) is 0.588. The first kappa shape index (κ1) is 16.5. The topological polar surface area (TPSA) is 32.3 Å². The van der Waals surface area contributed by atoms with Crippen LogP contribution in [0.15, 0.2) is 24.3 Å². The van der Waals surface area contributed by atoms with E-state index < -0.39 is 0 Å². The van der Waals surface area contributed by atoms with Crippen molar-refractivity contribution in [2.24, 2.45) is 5.92 Å². The minimum absolute atomic E-state index is 0.118. The quantitative estimate of drug-likeness (QED) is 0.816. The predicted octanol–water partition coefficient (Wildman–Crippen LogP) is 4.02. The van der Waals surface area contributed by atoms with Crippen LogP contribution in [0.4, 0.5) is 5.69 Å². The Bertz CT molecular complexity index is 427. The molecule has 0 saturated heterocycles. The number of nitrogens with one attached hydrogen (secondary N) is 1. The molecule has 1 aromatic carbocycles. The summed E-state index contributed by atoms with van der Waals surface area (Å²) in [5, 5.41) is 3.34. The molecule has 0 aromatic heterocycles. The Morgan fingerprint density at radius 1 is 1.20 bits per heavy atom. The van der Waals surface area contributed by atoms with E-state index in [-0.39, 0.29) is 11.9 Å². The van der Waals surface area contributed by atoms with E-state index in [1.807, 2.05) is 29.2 Å². The minimum Gasteiger partial charge on any atom is -0.384 e. The number of nitrogens with zero attached hydrogens (tertiary/aromatic N) is 1. The molecule has 0 saturated carbocycles. The second-order valence-electron chi connectivity index (χ2n) is 5.92. The highest BCUT2D eigenvalue weighted by atomic mass is 16.2. The summed E-state index contributed by atoms with van der Waals surface area (Å²) < 4.78 is 0. The number of carbonyl (C=O) groups excluding carboxylic acids is 1. The molecule has 0 radical (unpaired) electrons. The lowest BCUT2D eigenvalue weighted by Gasteiger charge is -2.29. The molecule has 0 atom stereocenters. The van der Waals surface area contributed by atoms with Gasteiger partial charge in [0.2, 0.25) is 0 Å². The average Bonchev–Trinajstić information content (AvgIpc) is 2.41. The number of rotatable bonds is 7. The normalized spacial score (nSPS) is 10.9. The fraction of sp³-hybridized carbons (Fsp3) is 0.588. The van der Waals surface area contributed by atoms with Gasteiger partial charge in [-0.25, -0.2) is 0 Å². The number of benzene rings is 1. The van der Waals surface area contributed by atoms with E-state index in [9.17, 15) is 4.79 Å². The molecule has 0 spiro atoms. The van der Waals surface area contributed by atoms with Crippen LogP contribution < -0.4 is 5.32 Å². The Labute approximate surface area is 123 Å². The van der Waals surface area contributed by atoms with Crippen molar-refractivity contribution >= 4 is 11.6 Å². The Hall–Kier alpha value is -1.51. The molecule has 0 aliphatic rings. The summed E-state index contributed by atoms with van der Waals surface area (Å²) in [5.41, 5.74) is 1.71. The molecule has 1 amide bonds. The van der Waals surface area contributed by atoms with Gasteiger partial charge in [0.15, 0.2) is 0 Å². The lowest BCUT2D eigenvalue weighted by Crippen LogP contribution is -2.39. The Balaban J connectivity index is 2.99. The first-order valence-corrected chi connectivity index (χ1v) is 7.61. The summed E-state index contributed by atoms with van der Waals surface area (Å²) in [4.78, 5) is 14.7. The molecule has 1 rings (SSSR count). The second-order valence-corrected chi connectivity index (χ2v) is 5.92. The molecule has 0 bridgehead atoms. The number of hydrogen-bond acceptors (Lipinski definition) is 2. The maximum Gasteiger partial charge on any atom is 0.256 e. The molecule has 0 fully saturated rings. The van der Waals surface area contributed by atoms with Crippen molar-refractivity contribution in [2.75, 3.05) is 18.4 Å². The van der Waals surface area contributed by atoms with Crippen LogP contribution in [0.5, 0.6) is 0 Å². The van der Waals surface area contributed by atoms with E-state index in [2.05, 4.69) is 39.9 Å². The van der Waals surface area contributed by atoms with Crippen LogP contribution in [-0.4, -0.2) is 29.9 Å². The van der Waals surface area contributed by atoms with Crippen molar-refractivity contribution in [3.63, 3.8) is 0 Å². The molecule has 3 heteroatoms. The first-order chi connectivity index (χ1) is 9.47. The SMILES string of the molecule is CCCNc1ccccc1C(=O)N(CC(C)C)C(C)C. The third kappa shape index (κ3) is 4.55. The van der Waals surface area contributed by atoms with Gasteiger partial charge >= 0.3 is 0 Å². The van der Waals surface area contributed by atoms with Crippen molar-refractivity contribution in [3.8, 4) is 0 Å². The van der Waals surface area contributed by atoms with Crippen molar-refractivity contribution in [2.45, 2.75) is 47.1 Å². The van der Waals surface area contributed by atoms with Gasteiger partial charge in [-0.1, -0.05) is 32.9 Å². The van der Waals surface area contributed by atoms with E-state index in [1.54, 1.807) is 0 Å². The molecule has 3 nitrogen and oxygen atoms in total. The molecule has 112 valence electrons. The van der Waals surface area contributed by atoms with E-state index in [4.69, 9.17) is 0 Å². The third-order valence-corrected chi connectivity index (χ3v) is 3.17. The molecule has 0 heterocycles. The summed E-state index contributed by atoms with van der Waals surface area (Å²) in [6, 6.07) is 8.01. The maximum atomic E-state index is 12.8. The molecule has 1 N–H and O–H groups in total. The van der Waals surface area contributed by atoms with Crippen molar-refractivity contribution in [1.82, 2.24) is 4.90 Å². The molecule has 1 aromatic rings. The summed E-state index contributed by atoms with van der Waals surface area (Å²) in [7, 11) is 0. The first-order valence-electron chi connectivity index (χ1n) is 7.61. The van der Waals surface area contributed by atoms with Gasteiger partial charge in [-0.05, 0) is 38.3 Å². The third-order valence-electron chi connectivity index (χ3n) is 3.17. The zero-order chi connectivity index (χ0) is 15.1. The molecule has 0 aliphatic heterocycles. The van der Waals surface area contributed by atoms with Gasteiger partial charge in [0.1, 0.15) is 0 Å². The zero-order valence-corrected chi connectivity index (χ0v) is 13.4. The highest BCUT2D eigenvalue weighted by molar-refractivity contribution is 5.99. The van der Waals surface area contributed by atoms with Gasteiger partial charge in [0.25, 0.3) is 5.91 Å². The fourth-order valence-corrected chi connectivity index (χ4v) is 2.16. The zero-order valence-electron chi connectivity index (χ0n) is 13.4. The van der Waals surface area contributed by atoms with Crippen LogP contribution in [0.2, 0.25) is 0 Å². The largest absolute Gasteiger partial charge is 0.384 e. The number of anilines is 1. The van der Waals surface area contributed by atoms with Gasteiger partial charge < -0.3 is 10.2 Å². The highest BCUT2D eigenvalue weighted by Crippen LogP contribution is 2.19. The van der Waals surface area contributed by atoms with E-state index in [0.29, 0.717) is 5.92 Å². The van der Waals surface area contributed by atoms with Crippen LogP contribution in [0.3, 0.4) is 0 Å². The second kappa shape index (κ2) is 7.93. The van der Waals surface area contributed by atoms with Gasteiger partial charge in [0, 0.05) is 24.8 Å². The summed E-state index contributed by atoms with van der Waals surface area (Å²) >= 11 is 0. The standard InChI is InChI=1S/C17H28N2O/c1-6-11-18-16-10-8-7-9-15(16)17(20)19(14(4)5)12-13(2)3/h7-10,13-14,18H,6,11-12H2,1-5H3. The maximum absolute atomic E-state index is 12.8. The van der Waals surface area contributed by atoms with Crippen LogP contribution in [0, 0.1) is 5.92 Å². The number of amides is 1. The van der Waals surface area contributed by atoms with Crippen LogP contribution >= 0.6 is 0 Å². The van der Waals surface area contributed by atoms with Crippen LogP contribution in [0.25, 0.3) is 0 Å². The number of para-hydroxylation sites is 1. The molecular weight excluding hydrogens is 248 g/mol. The summed E-state index contributed by atoms with van der Waals surface area (Å²) in [6.45, 7) is 12.2. The Kier molecular flexibility index (Phi) is 6.56. The number of hydrogen-bond donors (Lipinski definition) is 1. The van der Waals surface area contributed by atoms with E-state index >= 15 is 0 Å². The monoisotopic (exact) mass is 276 g/mol. The Morgan fingerprint density at radius 2 is 1.85 bits per heavy atom. The van der Waals surface area contributed by atoms with Crippen molar-refractivity contribution in [1.29, 1.82) is 0 Å². The smallest absolute Gasteiger partial charge is 0.256 e. The lowest BCUT2D eigenvalue weighted by atomic mass is 10.1.